The number of hydrogen-bond donors (Lipinski definition) is 2. The fourth-order valence-corrected chi connectivity index (χ4v) is 1.13. The second-order valence-electron chi connectivity index (χ2n) is 2.70. The minimum atomic E-state index is -0.265. The summed E-state index contributed by atoms with van der Waals surface area (Å²) in [6.45, 7) is 3.61. The van der Waals surface area contributed by atoms with Crippen LogP contribution >= 0.6 is 0 Å². The van der Waals surface area contributed by atoms with E-state index < -0.39 is 0 Å². The molecule has 1 heterocycles. The number of rotatable bonds is 2. The zero-order valence-corrected chi connectivity index (χ0v) is 7.21. The van der Waals surface area contributed by atoms with Gasteiger partial charge in [-0.25, -0.2) is 5.06 Å². The summed E-state index contributed by atoms with van der Waals surface area (Å²) in [5.41, 5.74) is 0.707. The van der Waals surface area contributed by atoms with Gasteiger partial charge in [-0.15, -0.1) is 0 Å². The highest BCUT2D eigenvalue weighted by molar-refractivity contribution is 5.92. The molecule has 1 aliphatic rings. The van der Waals surface area contributed by atoms with Crippen molar-refractivity contribution in [1.82, 2.24) is 10.4 Å². The molecule has 4 nitrogen and oxygen atoms in total. The van der Waals surface area contributed by atoms with Gasteiger partial charge in [-0.2, -0.15) is 0 Å². The molecule has 0 bridgehead atoms. The summed E-state index contributed by atoms with van der Waals surface area (Å²) < 4.78 is 0. The van der Waals surface area contributed by atoms with E-state index in [2.05, 4.69) is 5.32 Å². The first-order chi connectivity index (χ1) is 5.75. The number of carbonyl (C=O) groups excluding carboxylic acids is 1. The summed E-state index contributed by atoms with van der Waals surface area (Å²) in [5, 5.41) is 12.9. The maximum absolute atomic E-state index is 11.3. The van der Waals surface area contributed by atoms with E-state index in [1.807, 2.05) is 6.08 Å². The summed E-state index contributed by atoms with van der Waals surface area (Å²) in [5.74, 6) is -0.265. The number of nitrogens with zero attached hydrogens (tertiary/aromatic N) is 1. The van der Waals surface area contributed by atoms with Gasteiger partial charge in [0.15, 0.2) is 0 Å². The Hall–Kier alpha value is -0.870. The second kappa shape index (κ2) is 4.23. The number of amides is 1. The lowest BCUT2D eigenvalue weighted by Gasteiger charge is -2.17. The average Bonchev–Trinajstić information content (AvgIpc) is 2.17. The van der Waals surface area contributed by atoms with Crippen LogP contribution in [0.1, 0.15) is 13.3 Å². The van der Waals surface area contributed by atoms with E-state index in [4.69, 9.17) is 5.21 Å². The molecule has 0 unspecified atom stereocenters. The van der Waals surface area contributed by atoms with Crippen LogP contribution in [0.3, 0.4) is 0 Å². The van der Waals surface area contributed by atoms with Crippen molar-refractivity contribution >= 4 is 5.91 Å². The Bertz CT molecular complexity index is 201. The fourth-order valence-electron chi connectivity index (χ4n) is 1.13. The Morgan fingerprint density at radius 2 is 2.58 bits per heavy atom. The molecule has 0 saturated carbocycles. The largest absolute Gasteiger partial charge is 0.313 e. The Labute approximate surface area is 71.8 Å². The summed E-state index contributed by atoms with van der Waals surface area (Å²) in [4.78, 5) is 11.3. The van der Waals surface area contributed by atoms with Gasteiger partial charge in [-0.1, -0.05) is 6.08 Å². The molecule has 68 valence electrons. The monoisotopic (exact) mass is 170 g/mol. The van der Waals surface area contributed by atoms with Crippen LogP contribution in [0.4, 0.5) is 0 Å². The number of nitrogens with one attached hydrogen (secondary N) is 1. The van der Waals surface area contributed by atoms with Crippen molar-refractivity contribution in [2.24, 2.45) is 0 Å². The van der Waals surface area contributed by atoms with E-state index in [1.165, 1.54) is 0 Å². The van der Waals surface area contributed by atoms with Crippen molar-refractivity contribution < 1.29 is 10.0 Å². The Kier molecular flexibility index (Phi) is 3.25. The van der Waals surface area contributed by atoms with Gasteiger partial charge >= 0.3 is 0 Å². The van der Waals surface area contributed by atoms with Crippen molar-refractivity contribution in [2.75, 3.05) is 19.6 Å². The van der Waals surface area contributed by atoms with Crippen LogP contribution in [0.2, 0.25) is 0 Å². The number of likely N-dealkylation sites (N-methyl/N-ethyl adjacent to an activating group) is 1. The Morgan fingerprint density at radius 1 is 1.83 bits per heavy atom. The average molecular weight is 170 g/mol. The molecule has 2 N–H and O–H groups in total. The molecule has 0 fully saturated rings. The number of hydrogen-bond acceptors (Lipinski definition) is 3. The van der Waals surface area contributed by atoms with E-state index in [0.29, 0.717) is 18.5 Å². The van der Waals surface area contributed by atoms with Crippen LogP contribution < -0.4 is 5.32 Å². The van der Waals surface area contributed by atoms with Gasteiger partial charge in [-0.3, -0.25) is 10.0 Å². The lowest BCUT2D eigenvalue weighted by atomic mass is 10.1. The summed E-state index contributed by atoms with van der Waals surface area (Å²) >= 11 is 0. The molecule has 4 heteroatoms. The molecule has 1 aliphatic heterocycles. The molecule has 0 atom stereocenters. The van der Waals surface area contributed by atoms with E-state index in [1.54, 1.807) is 6.92 Å². The zero-order valence-electron chi connectivity index (χ0n) is 7.21. The van der Waals surface area contributed by atoms with E-state index >= 15 is 0 Å². The van der Waals surface area contributed by atoms with Crippen molar-refractivity contribution in [1.29, 1.82) is 0 Å². The molecule has 12 heavy (non-hydrogen) atoms. The highest BCUT2D eigenvalue weighted by atomic mass is 16.5. The van der Waals surface area contributed by atoms with E-state index in [-0.39, 0.29) is 5.91 Å². The number of carbonyl (C=O) groups is 1. The normalized spacial score (nSPS) is 17.0. The van der Waals surface area contributed by atoms with Gasteiger partial charge in [-0.05, 0) is 19.9 Å². The highest BCUT2D eigenvalue weighted by Gasteiger charge is 2.15. The number of hydroxylamine groups is 2. The van der Waals surface area contributed by atoms with Crippen LogP contribution in [0.25, 0.3) is 0 Å². The van der Waals surface area contributed by atoms with Crippen LogP contribution in [0, 0.1) is 0 Å². The van der Waals surface area contributed by atoms with Gasteiger partial charge in [0.1, 0.15) is 0 Å². The summed E-state index contributed by atoms with van der Waals surface area (Å²) in [6, 6.07) is 0. The lowest BCUT2D eigenvalue weighted by molar-refractivity contribution is -0.159. The maximum atomic E-state index is 11.3. The molecular formula is C8H14N2O2. The van der Waals surface area contributed by atoms with Gasteiger partial charge < -0.3 is 5.32 Å². The smallest absolute Gasteiger partial charge is 0.272 e. The van der Waals surface area contributed by atoms with Crippen molar-refractivity contribution in [2.45, 2.75) is 13.3 Å². The molecular weight excluding hydrogens is 156 g/mol. The van der Waals surface area contributed by atoms with E-state index in [0.717, 1.165) is 18.2 Å². The molecule has 0 saturated heterocycles. The Balaban J connectivity index is 2.56. The topological polar surface area (TPSA) is 52.6 Å². The molecule has 0 spiro atoms. The van der Waals surface area contributed by atoms with Gasteiger partial charge in [0.25, 0.3) is 5.91 Å². The van der Waals surface area contributed by atoms with Gasteiger partial charge in [0, 0.05) is 18.7 Å². The second-order valence-corrected chi connectivity index (χ2v) is 2.70. The molecule has 1 rings (SSSR count). The summed E-state index contributed by atoms with van der Waals surface area (Å²) in [6.07, 6.45) is 2.53. The predicted molar refractivity (Wildman–Crippen MR) is 44.7 cm³/mol. The van der Waals surface area contributed by atoms with Crippen molar-refractivity contribution in [3.63, 3.8) is 0 Å². The first-order valence-corrected chi connectivity index (χ1v) is 4.16. The molecule has 0 radical (unpaired) electrons. The van der Waals surface area contributed by atoms with E-state index in [9.17, 15) is 4.79 Å². The summed E-state index contributed by atoms with van der Waals surface area (Å²) in [7, 11) is 0. The Morgan fingerprint density at radius 3 is 3.08 bits per heavy atom. The minimum absolute atomic E-state index is 0.265. The third-order valence-corrected chi connectivity index (χ3v) is 1.87. The van der Waals surface area contributed by atoms with Crippen LogP contribution in [0.5, 0.6) is 0 Å². The van der Waals surface area contributed by atoms with Crippen molar-refractivity contribution in [3.05, 3.63) is 11.6 Å². The molecule has 1 amide bonds. The zero-order chi connectivity index (χ0) is 8.97. The van der Waals surface area contributed by atoms with Crippen LogP contribution in [-0.4, -0.2) is 35.8 Å². The SMILES string of the molecule is CCN(O)C(=O)C1=CCNCC1. The lowest BCUT2D eigenvalue weighted by Crippen LogP contribution is -2.32. The molecule has 0 aromatic heterocycles. The first kappa shape index (κ1) is 9.22. The van der Waals surface area contributed by atoms with Crippen LogP contribution in [-0.2, 0) is 4.79 Å². The quantitative estimate of drug-likeness (QED) is 0.458. The standard InChI is InChI=1S/C8H14N2O2/c1-2-10(12)8(11)7-3-5-9-6-4-7/h3,9,12H,2,4-6H2,1H3. The third-order valence-electron chi connectivity index (χ3n) is 1.87. The predicted octanol–water partition coefficient (Wildman–Crippen LogP) is 0.144. The van der Waals surface area contributed by atoms with Gasteiger partial charge in [0.2, 0.25) is 0 Å². The first-order valence-electron chi connectivity index (χ1n) is 4.16. The molecule has 0 aromatic rings. The third kappa shape index (κ3) is 2.06. The van der Waals surface area contributed by atoms with Gasteiger partial charge in [0.05, 0.1) is 0 Å². The maximum Gasteiger partial charge on any atom is 0.272 e. The van der Waals surface area contributed by atoms with Crippen molar-refractivity contribution in [3.8, 4) is 0 Å². The fraction of sp³-hybridized carbons (Fsp3) is 0.625. The van der Waals surface area contributed by atoms with Crippen LogP contribution in [0.15, 0.2) is 11.6 Å². The molecule has 0 aromatic carbocycles. The molecule has 0 aliphatic carbocycles. The minimum Gasteiger partial charge on any atom is -0.313 e. The highest BCUT2D eigenvalue weighted by Crippen LogP contribution is 2.07.